The van der Waals surface area contributed by atoms with E-state index in [2.05, 4.69) is 21.2 Å². The van der Waals surface area contributed by atoms with Crippen LogP contribution in [0.2, 0.25) is 0 Å². The van der Waals surface area contributed by atoms with Crippen molar-refractivity contribution in [2.45, 2.75) is 19.4 Å². The van der Waals surface area contributed by atoms with Crippen molar-refractivity contribution in [2.75, 3.05) is 26.2 Å². The molecule has 0 amide bonds. The molecule has 1 unspecified atom stereocenters. The summed E-state index contributed by atoms with van der Waals surface area (Å²) in [5.74, 6) is -0.786. The molecule has 5 heteroatoms. The van der Waals surface area contributed by atoms with Gasteiger partial charge in [0.1, 0.15) is 6.04 Å². The van der Waals surface area contributed by atoms with Gasteiger partial charge in [-0.25, -0.2) is 0 Å². The lowest BCUT2D eigenvalue weighted by Crippen LogP contribution is -2.36. The Hall–Kier alpha value is -0.910. The highest BCUT2D eigenvalue weighted by molar-refractivity contribution is 9.10. The van der Waals surface area contributed by atoms with Gasteiger partial charge in [-0.05, 0) is 37.1 Å². The highest BCUT2D eigenvalue weighted by atomic mass is 79.9. The number of aliphatic carboxylic acids is 1. The average molecular weight is 327 g/mol. The summed E-state index contributed by atoms with van der Waals surface area (Å²) in [6.45, 7) is 5.37. The first-order chi connectivity index (χ1) is 9.09. The standard InChI is InChI=1S/C14H19BrN2O2/c1-10-3-4-11(12(15)9-10)13(14(18)19)17-7-2-5-16-6-8-17/h3-4,9,13,16H,2,5-8H2,1H3,(H,18,19). The second-order valence-corrected chi connectivity index (χ2v) is 5.76. The van der Waals surface area contributed by atoms with E-state index < -0.39 is 12.0 Å². The zero-order chi connectivity index (χ0) is 13.8. The van der Waals surface area contributed by atoms with Gasteiger partial charge >= 0.3 is 5.97 Å². The van der Waals surface area contributed by atoms with Crippen LogP contribution in [-0.4, -0.2) is 42.2 Å². The first-order valence-corrected chi connectivity index (χ1v) is 7.32. The number of carboxylic acid groups (broad SMARTS) is 1. The normalized spacial score (nSPS) is 18.8. The number of benzene rings is 1. The van der Waals surface area contributed by atoms with E-state index in [0.29, 0.717) is 0 Å². The lowest BCUT2D eigenvalue weighted by atomic mass is 10.0. The predicted molar refractivity (Wildman–Crippen MR) is 78.3 cm³/mol. The first kappa shape index (κ1) is 14.5. The number of rotatable bonds is 3. The van der Waals surface area contributed by atoms with Crippen LogP contribution >= 0.6 is 15.9 Å². The second kappa shape index (κ2) is 6.50. The molecule has 1 aliphatic rings. The van der Waals surface area contributed by atoms with Crippen molar-refractivity contribution in [2.24, 2.45) is 0 Å². The number of carboxylic acids is 1. The number of aryl methyl sites for hydroxylation is 1. The molecule has 0 radical (unpaired) electrons. The van der Waals surface area contributed by atoms with Crippen molar-refractivity contribution in [1.82, 2.24) is 10.2 Å². The molecule has 1 fully saturated rings. The Morgan fingerprint density at radius 2 is 2.21 bits per heavy atom. The number of hydrogen-bond donors (Lipinski definition) is 2. The molecule has 0 spiro atoms. The fourth-order valence-corrected chi connectivity index (χ4v) is 3.17. The Morgan fingerprint density at radius 1 is 1.42 bits per heavy atom. The molecule has 1 aromatic rings. The van der Waals surface area contributed by atoms with Crippen LogP contribution in [0.4, 0.5) is 0 Å². The maximum atomic E-state index is 11.7. The van der Waals surface area contributed by atoms with Gasteiger partial charge in [0.2, 0.25) is 0 Å². The molecule has 1 atom stereocenters. The Bertz CT molecular complexity index is 457. The molecule has 0 saturated carbocycles. The first-order valence-electron chi connectivity index (χ1n) is 6.53. The zero-order valence-corrected chi connectivity index (χ0v) is 12.6. The summed E-state index contributed by atoms with van der Waals surface area (Å²) in [4.78, 5) is 13.7. The minimum Gasteiger partial charge on any atom is -0.480 e. The van der Waals surface area contributed by atoms with E-state index in [1.54, 1.807) is 0 Å². The van der Waals surface area contributed by atoms with Crippen LogP contribution in [-0.2, 0) is 4.79 Å². The smallest absolute Gasteiger partial charge is 0.325 e. The van der Waals surface area contributed by atoms with Crippen molar-refractivity contribution >= 4 is 21.9 Å². The van der Waals surface area contributed by atoms with Crippen LogP contribution in [0.25, 0.3) is 0 Å². The predicted octanol–water partition coefficient (Wildman–Crippen LogP) is 2.18. The number of carbonyl (C=O) groups is 1. The lowest BCUT2D eigenvalue weighted by Gasteiger charge is -2.28. The zero-order valence-electron chi connectivity index (χ0n) is 11.0. The van der Waals surface area contributed by atoms with Gasteiger partial charge < -0.3 is 10.4 Å². The van der Waals surface area contributed by atoms with Crippen LogP contribution < -0.4 is 5.32 Å². The number of hydrogen-bond acceptors (Lipinski definition) is 3. The molecule has 2 N–H and O–H groups in total. The number of nitrogens with zero attached hydrogens (tertiary/aromatic N) is 1. The van der Waals surface area contributed by atoms with Crippen LogP contribution in [0, 0.1) is 6.92 Å². The maximum Gasteiger partial charge on any atom is 0.325 e. The van der Waals surface area contributed by atoms with Crippen molar-refractivity contribution in [3.63, 3.8) is 0 Å². The molecule has 4 nitrogen and oxygen atoms in total. The van der Waals surface area contributed by atoms with Crippen LogP contribution in [0.15, 0.2) is 22.7 Å². The van der Waals surface area contributed by atoms with Gasteiger partial charge in [0, 0.05) is 24.1 Å². The Balaban J connectivity index is 2.30. The summed E-state index contributed by atoms with van der Waals surface area (Å²) in [6.07, 6.45) is 0.979. The van der Waals surface area contributed by atoms with Gasteiger partial charge in [-0.3, -0.25) is 9.69 Å². The molecule has 1 aromatic carbocycles. The van der Waals surface area contributed by atoms with Crippen molar-refractivity contribution in [3.05, 3.63) is 33.8 Å². The Labute approximate surface area is 121 Å². The Morgan fingerprint density at radius 3 is 2.89 bits per heavy atom. The summed E-state index contributed by atoms with van der Waals surface area (Å²) in [7, 11) is 0. The monoisotopic (exact) mass is 326 g/mol. The largest absolute Gasteiger partial charge is 0.480 e. The van der Waals surface area contributed by atoms with E-state index in [-0.39, 0.29) is 0 Å². The van der Waals surface area contributed by atoms with Crippen LogP contribution in [0.1, 0.15) is 23.6 Å². The molecule has 0 bridgehead atoms. The molecule has 104 valence electrons. The van der Waals surface area contributed by atoms with E-state index in [1.807, 2.05) is 30.0 Å². The fraction of sp³-hybridized carbons (Fsp3) is 0.500. The molecule has 1 saturated heterocycles. The van der Waals surface area contributed by atoms with E-state index in [9.17, 15) is 9.90 Å². The molecular formula is C14H19BrN2O2. The summed E-state index contributed by atoms with van der Waals surface area (Å²) in [5, 5.41) is 12.9. The number of nitrogens with one attached hydrogen (secondary N) is 1. The molecular weight excluding hydrogens is 308 g/mol. The molecule has 0 aromatic heterocycles. The van der Waals surface area contributed by atoms with E-state index >= 15 is 0 Å². The summed E-state index contributed by atoms with van der Waals surface area (Å²) >= 11 is 3.50. The van der Waals surface area contributed by atoms with Crippen LogP contribution in [0.5, 0.6) is 0 Å². The topological polar surface area (TPSA) is 52.6 Å². The van der Waals surface area contributed by atoms with Gasteiger partial charge in [0.05, 0.1) is 0 Å². The summed E-state index contributed by atoms with van der Waals surface area (Å²) in [5.41, 5.74) is 1.96. The molecule has 2 rings (SSSR count). The van der Waals surface area contributed by atoms with Crippen LogP contribution in [0.3, 0.4) is 0 Å². The van der Waals surface area contributed by atoms with Gasteiger partial charge in [-0.1, -0.05) is 28.1 Å². The fourth-order valence-electron chi connectivity index (χ4n) is 2.46. The summed E-state index contributed by atoms with van der Waals surface area (Å²) < 4.78 is 0.872. The van der Waals surface area contributed by atoms with Gasteiger partial charge in [-0.2, -0.15) is 0 Å². The number of halogens is 1. The van der Waals surface area contributed by atoms with Gasteiger partial charge in [0.25, 0.3) is 0 Å². The Kier molecular flexibility index (Phi) is 4.96. The highest BCUT2D eigenvalue weighted by Crippen LogP contribution is 2.29. The SMILES string of the molecule is Cc1ccc(C(C(=O)O)N2CCCNCC2)c(Br)c1. The average Bonchev–Trinajstić information content (AvgIpc) is 2.61. The minimum atomic E-state index is -0.786. The maximum absolute atomic E-state index is 11.7. The third kappa shape index (κ3) is 3.55. The quantitative estimate of drug-likeness (QED) is 0.893. The second-order valence-electron chi connectivity index (χ2n) is 4.91. The summed E-state index contributed by atoms with van der Waals surface area (Å²) in [6, 6.07) is 5.28. The lowest BCUT2D eigenvalue weighted by molar-refractivity contribution is -0.143. The van der Waals surface area contributed by atoms with E-state index in [1.165, 1.54) is 0 Å². The molecule has 1 heterocycles. The molecule has 1 aliphatic heterocycles. The van der Waals surface area contributed by atoms with E-state index in [0.717, 1.165) is 48.2 Å². The molecule has 0 aliphatic carbocycles. The molecule has 19 heavy (non-hydrogen) atoms. The van der Waals surface area contributed by atoms with Gasteiger partial charge in [0.15, 0.2) is 0 Å². The van der Waals surface area contributed by atoms with E-state index in [4.69, 9.17) is 0 Å². The third-order valence-electron chi connectivity index (χ3n) is 3.42. The van der Waals surface area contributed by atoms with Gasteiger partial charge in [-0.15, -0.1) is 0 Å². The van der Waals surface area contributed by atoms with Crippen molar-refractivity contribution < 1.29 is 9.90 Å². The third-order valence-corrected chi connectivity index (χ3v) is 4.11. The van der Waals surface area contributed by atoms with Crippen molar-refractivity contribution in [1.29, 1.82) is 0 Å². The van der Waals surface area contributed by atoms with Crippen molar-refractivity contribution in [3.8, 4) is 0 Å². The highest BCUT2D eigenvalue weighted by Gasteiger charge is 2.29. The minimum absolute atomic E-state index is 0.574.